The molecule has 0 spiro atoms. The van der Waals surface area contributed by atoms with E-state index in [0.717, 1.165) is 16.8 Å². The predicted molar refractivity (Wildman–Crippen MR) is 133 cm³/mol. The van der Waals surface area contributed by atoms with Crippen LogP contribution in [-0.2, 0) is 15.8 Å². The summed E-state index contributed by atoms with van der Waals surface area (Å²) >= 11 is 18.7. The van der Waals surface area contributed by atoms with E-state index in [1.807, 2.05) is 66.7 Å². The number of hydrogen-bond donors (Lipinski definition) is 1. The van der Waals surface area contributed by atoms with Gasteiger partial charge in [-0.25, -0.2) is 13.1 Å². The lowest BCUT2D eigenvalue weighted by atomic mass is 9.91. The molecule has 0 amide bonds. The molecule has 1 saturated heterocycles. The van der Waals surface area contributed by atoms with Crippen molar-refractivity contribution in [3.05, 3.63) is 99.0 Å². The summed E-state index contributed by atoms with van der Waals surface area (Å²) < 4.78 is 28.6. The summed E-state index contributed by atoms with van der Waals surface area (Å²) in [6.07, 6.45) is 1.27. The molecular weight excluding hydrogens is 487 g/mol. The lowest BCUT2D eigenvalue weighted by molar-refractivity contribution is 0.395. The Morgan fingerprint density at radius 3 is 2.28 bits per heavy atom. The maximum absolute atomic E-state index is 12.8. The molecule has 8 heteroatoms. The zero-order valence-corrected chi connectivity index (χ0v) is 20.3. The number of anilines is 1. The molecule has 32 heavy (non-hydrogen) atoms. The zero-order valence-electron chi connectivity index (χ0n) is 17.2. The van der Waals surface area contributed by atoms with Crippen molar-refractivity contribution in [2.24, 2.45) is 0 Å². The minimum Gasteiger partial charge on any atom is -0.363 e. The highest BCUT2D eigenvalue weighted by Crippen LogP contribution is 2.39. The second-order valence-electron chi connectivity index (χ2n) is 7.94. The summed E-state index contributed by atoms with van der Waals surface area (Å²) in [5.41, 5.74) is 2.69. The van der Waals surface area contributed by atoms with Crippen molar-refractivity contribution >= 4 is 50.5 Å². The average Bonchev–Trinajstić information content (AvgIpc) is 2.75. The van der Waals surface area contributed by atoms with Gasteiger partial charge in [-0.2, -0.15) is 0 Å². The standard InChI is InChI=1S/C24H23Cl3N2O2S/c25-19-8-6-18(7-9-19)24-15-21(28-32(30,31)16-17-4-2-1-3-5-17)12-13-29(24)23-11-10-20(26)14-22(23)27/h1-11,14,21,24,28H,12-13,15-16H2. The number of nitrogens with one attached hydrogen (secondary N) is 1. The van der Waals surface area contributed by atoms with E-state index in [-0.39, 0.29) is 17.8 Å². The highest BCUT2D eigenvalue weighted by Gasteiger charge is 2.33. The third-order valence-electron chi connectivity index (χ3n) is 5.62. The van der Waals surface area contributed by atoms with Gasteiger partial charge in [-0.15, -0.1) is 0 Å². The largest absolute Gasteiger partial charge is 0.363 e. The van der Waals surface area contributed by atoms with Gasteiger partial charge in [0.25, 0.3) is 0 Å². The normalized spacial score (nSPS) is 19.2. The molecule has 2 atom stereocenters. The van der Waals surface area contributed by atoms with Crippen LogP contribution in [0.25, 0.3) is 0 Å². The number of rotatable bonds is 6. The average molecular weight is 510 g/mol. The van der Waals surface area contributed by atoms with Crippen molar-refractivity contribution in [3.63, 3.8) is 0 Å². The number of nitrogens with zero attached hydrogens (tertiary/aromatic N) is 1. The van der Waals surface area contributed by atoms with Crippen LogP contribution in [0.15, 0.2) is 72.8 Å². The molecule has 168 valence electrons. The van der Waals surface area contributed by atoms with Crippen LogP contribution in [0.4, 0.5) is 5.69 Å². The molecule has 0 radical (unpaired) electrons. The predicted octanol–water partition coefficient (Wildman–Crippen LogP) is 6.48. The highest BCUT2D eigenvalue weighted by atomic mass is 35.5. The molecule has 0 saturated carbocycles. The lowest BCUT2D eigenvalue weighted by Crippen LogP contribution is -2.46. The first-order valence-electron chi connectivity index (χ1n) is 10.3. The van der Waals surface area contributed by atoms with Gasteiger partial charge in [0.2, 0.25) is 10.0 Å². The van der Waals surface area contributed by atoms with Crippen molar-refractivity contribution in [2.75, 3.05) is 11.4 Å². The van der Waals surface area contributed by atoms with Crippen LogP contribution in [0.1, 0.15) is 30.0 Å². The van der Waals surface area contributed by atoms with Gasteiger partial charge in [-0.3, -0.25) is 0 Å². The summed E-state index contributed by atoms with van der Waals surface area (Å²) in [5, 5.41) is 1.80. The first-order valence-corrected chi connectivity index (χ1v) is 13.1. The molecule has 2 unspecified atom stereocenters. The van der Waals surface area contributed by atoms with Crippen molar-refractivity contribution in [2.45, 2.75) is 30.7 Å². The number of benzene rings is 3. The van der Waals surface area contributed by atoms with Gasteiger partial charge in [-0.05, 0) is 54.3 Å². The Morgan fingerprint density at radius 2 is 1.59 bits per heavy atom. The van der Waals surface area contributed by atoms with Crippen LogP contribution in [0.2, 0.25) is 15.1 Å². The molecule has 1 fully saturated rings. The van der Waals surface area contributed by atoms with Gasteiger partial charge in [0.05, 0.1) is 22.5 Å². The molecule has 0 aliphatic carbocycles. The van der Waals surface area contributed by atoms with E-state index < -0.39 is 10.0 Å². The van der Waals surface area contributed by atoms with E-state index >= 15 is 0 Å². The fourth-order valence-electron chi connectivity index (χ4n) is 4.17. The van der Waals surface area contributed by atoms with E-state index in [1.54, 1.807) is 6.07 Å². The summed E-state index contributed by atoms with van der Waals surface area (Å²) in [6, 6.07) is 22.1. The van der Waals surface area contributed by atoms with Crippen LogP contribution in [0.3, 0.4) is 0 Å². The summed E-state index contributed by atoms with van der Waals surface area (Å²) in [4.78, 5) is 2.21. The minimum atomic E-state index is -3.48. The number of hydrogen-bond acceptors (Lipinski definition) is 3. The van der Waals surface area contributed by atoms with E-state index in [1.165, 1.54) is 0 Å². The minimum absolute atomic E-state index is 0.0390. The molecule has 3 aromatic rings. The van der Waals surface area contributed by atoms with Gasteiger partial charge in [0.1, 0.15) is 0 Å². The highest BCUT2D eigenvalue weighted by molar-refractivity contribution is 7.88. The second-order valence-corrected chi connectivity index (χ2v) is 11.0. The summed E-state index contributed by atoms with van der Waals surface area (Å²) in [5.74, 6) is -0.0390. The Balaban J connectivity index is 1.58. The maximum Gasteiger partial charge on any atom is 0.216 e. The number of sulfonamides is 1. The monoisotopic (exact) mass is 508 g/mol. The zero-order chi connectivity index (χ0) is 22.7. The van der Waals surface area contributed by atoms with Crippen LogP contribution < -0.4 is 9.62 Å². The Morgan fingerprint density at radius 1 is 0.906 bits per heavy atom. The SMILES string of the molecule is O=S(=O)(Cc1ccccc1)NC1CCN(c2ccc(Cl)cc2Cl)C(c2ccc(Cl)cc2)C1. The third kappa shape index (κ3) is 5.77. The maximum atomic E-state index is 12.8. The van der Waals surface area contributed by atoms with Gasteiger partial charge >= 0.3 is 0 Å². The molecule has 1 heterocycles. The van der Waals surface area contributed by atoms with E-state index in [4.69, 9.17) is 34.8 Å². The van der Waals surface area contributed by atoms with Crippen LogP contribution >= 0.6 is 34.8 Å². The van der Waals surface area contributed by atoms with E-state index in [2.05, 4.69) is 9.62 Å². The summed E-state index contributed by atoms with van der Waals surface area (Å²) in [7, 11) is -3.48. The first kappa shape index (κ1) is 23.4. The van der Waals surface area contributed by atoms with Crippen LogP contribution in [-0.4, -0.2) is 21.0 Å². The van der Waals surface area contributed by atoms with Gasteiger partial charge in [0, 0.05) is 22.6 Å². The second kappa shape index (κ2) is 10.0. The Kier molecular flexibility index (Phi) is 7.33. The smallest absolute Gasteiger partial charge is 0.216 e. The third-order valence-corrected chi connectivity index (χ3v) is 7.82. The lowest BCUT2D eigenvalue weighted by Gasteiger charge is -2.42. The molecule has 4 nitrogen and oxygen atoms in total. The first-order chi connectivity index (χ1) is 15.3. The molecule has 3 aromatic carbocycles. The molecule has 4 rings (SSSR count). The quantitative estimate of drug-likeness (QED) is 0.414. The fraction of sp³-hybridized carbons (Fsp3) is 0.250. The fourth-order valence-corrected chi connectivity index (χ4v) is 6.24. The Labute approximate surface area is 204 Å². The number of piperidine rings is 1. The molecule has 0 aromatic heterocycles. The van der Waals surface area contributed by atoms with Crippen molar-refractivity contribution in [1.82, 2.24) is 4.72 Å². The van der Waals surface area contributed by atoms with Crippen molar-refractivity contribution in [1.29, 1.82) is 0 Å². The van der Waals surface area contributed by atoms with E-state index in [9.17, 15) is 8.42 Å². The topological polar surface area (TPSA) is 49.4 Å². The molecule has 1 aliphatic heterocycles. The van der Waals surface area contributed by atoms with Gasteiger partial charge in [0.15, 0.2) is 0 Å². The molecule has 0 bridgehead atoms. The van der Waals surface area contributed by atoms with Crippen molar-refractivity contribution < 1.29 is 8.42 Å². The van der Waals surface area contributed by atoms with E-state index in [0.29, 0.717) is 34.5 Å². The Bertz CT molecular complexity index is 1170. The Hall–Kier alpha value is -1.76. The summed E-state index contributed by atoms with van der Waals surface area (Å²) in [6.45, 7) is 0.646. The van der Waals surface area contributed by atoms with Crippen LogP contribution in [0.5, 0.6) is 0 Å². The van der Waals surface area contributed by atoms with Crippen molar-refractivity contribution in [3.8, 4) is 0 Å². The molecule has 1 aliphatic rings. The molecule has 1 N–H and O–H groups in total. The van der Waals surface area contributed by atoms with Gasteiger partial charge < -0.3 is 4.90 Å². The van der Waals surface area contributed by atoms with Gasteiger partial charge in [-0.1, -0.05) is 77.3 Å². The van der Waals surface area contributed by atoms with Crippen LogP contribution in [0, 0.1) is 0 Å². The number of halogens is 3. The molecular formula is C24H23Cl3N2O2S.